The smallest absolute Gasteiger partial charge is 0.212 e. The molecule has 0 aliphatic carbocycles. The van der Waals surface area contributed by atoms with Crippen molar-refractivity contribution in [1.29, 1.82) is 0 Å². The molecule has 214 valence electrons. The van der Waals surface area contributed by atoms with Gasteiger partial charge in [-0.15, -0.1) is 0 Å². The maximum atomic E-state index is 10.6. The standard InChI is InChI=1S/C35H34N2O5/c1-36-12-10-22-17-30-31-19-25(22)26(36)15-21-6-9-28(38)29(16-21)40-24-7-4-20(5-8-24)14-27-33-23(11-13-37(27)2)18-32(39-3)34(41-30)35(33)42-31/h4-9,16-19,26-27,38H,10-15H2,1-3H3/t26-,27+/m1/s1. The molecule has 4 aromatic rings. The van der Waals surface area contributed by atoms with Crippen LogP contribution in [-0.4, -0.2) is 49.2 Å². The summed E-state index contributed by atoms with van der Waals surface area (Å²) in [6, 6.07) is 20.5. The summed E-state index contributed by atoms with van der Waals surface area (Å²) in [5.41, 5.74) is 7.19. The number of methoxy groups -OCH3 is 1. The van der Waals surface area contributed by atoms with Crippen LogP contribution in [0.5, 0.6) is 46.0 Å². The Bertz CT molecular complexity index is 1720. The molecule has 42 heavy (non-hydrogen) atoms. The van der Waals surface area contributed by atoms with Gasteiger partial charge in [0.15, 0.2) is 34.5 Å². The van der Waals surface area contributed by atoms with E-state index < -0.39 is 0 Å². The molecule has 5 aliphatic rings. The molecule has 1 N–H and O–H groups in total. The van der Waals surface area contributed by atoms with Gasteiger partial charge in [0.1, 0.15) is 5.75 Å². The molecule has 7 heteroatoms. The minimum Gasteiger partial charge on any atom is -0.504 e. The number of aromatic hydroxyl groups is 1. The molecular weight excluding hydrogens is 528 g/mol. The van der Waals surface area contributed by atoms with Gasteiger partial charge in [-0.05, 0) is 110 Å². The number of ether oxygens (including phenoxy) is 4. The van der Waals surface area contributed by atoms with Crippen LogP contribution in [0.2, 0.25) is 0 Å². The predicted molar refractivity (Wildman–Crippen MR) is 160 cm³/mol. The van der Waals surface area contributed by atoms with Crippen molar-refractivity contribution in [2.75, 3.05) is 34.3 Å². The first kappa shape index (κ1) is 25.5. The zero-order valence-corrected chi connectivity index (χ0v) is 24.1. The van der Waals surface area contributed by atoms with Gasteiger partial charge in [0.25, 0.3) is 0 Å². The highest BCUT2D eigenvalue weighted by molar-refractivity contribution is 5.67. The molecule has 4 aromatic carbocycles. The van der Waals surface area contributed by atoms with Gasteiger partial charge in [-0.25, -0.2) is 0 Å². The van der Waals surface area contributed by atoms with Crippen LogP contribution in [0.4, 0.5) is 0 Å². The molecule has 0 fully saturated rings. The van der Waals surface area contributed by atoms with Gasteiger partial charge < -0.3 is 24.1 Å². The molecule has 5 aliphatic heterocycles. The lowest BCUT2D eigenvalue weighted by Crippen LogP contribution is -2.34. The quantitative estimate of drug-likeness (QED) is 0.237. The van der Waals surface area contributed by atoms with Crippen LogP contribution in [0.25, 0.3) is 0 Å². The van der Waals surface area contributed by atoms with Crippen molar-refractivity contribution in [1.82, 2.24) is 9.80 Å². The van der Waals surface area contributed by atoms with Gasteiger partial charge >= 0.3 is 0 Å². The van der Waals surface area contributed by atoms with Crippen molar-refractivity contribution in [3.63, 3.8) is 0 Å². The van der Waals surface area contributed by atoms with Crippen LogP contribution >= 0.6 is 0 Å². The first-order chi connectivity index (χ1) is 20.4. The fourth-order valence-corrected chi connectivity index (χ4v) is 7.05. The van der Waals surface area contributed by atoms with E-state index >= 15 is 0 Å². The summed E-state index contributed by atoms with van der Waals surface area (Å²) in [6.07, 6.45) is 3.41. The van der Waals surface area contributed by atoms with E-state index in [0.29, 0.717) is 23.0 Å². The second-order valence-corrected chi connectivity index (χ2v) is 12.0. The summed E-state index contributed by atoms with van der Waals surface area (Å²) in [4.78, 5) is 4.80. The molecule has 0 spiro atoms. The fraction of sp³-hybridized carbons (Fsp3) is 0.314. The third-order valence-electron chi connectivity index (χ3n) is 9.43. The van der Waals surface area contributed by atoms with E-state index in [2.05, 4.69) is 54.2 Å². The van der Waals surface area contributed by atoms with Crippen LogP contribution in [0.1, 0.15) is 45.5 Å². The zero-order valence-electron chi connectivity index (χ0n) is 24.1. The zero-order chi connectivity index (χ0) is 28.5. The molecule has 2 atom stereocenters. The number of hydrogen-bond acceptors (Lipinski definition) is 7. The van der Waals surface area contributed by atoms with Crippen LogP contribution in [0.3, 0.4) is 0 Å². The number of hydrogen-bond donors (Lipinski definition) is 1. The van der Waals surface area contributed by atoms with Crippen LogP contribution in [0, 0.1) is 0 Å². The highest BCUT2D eigenvalue weighted by atomic mass is 16.6. The molecule has 0 saturated heterocycles. The highest BCUT2D eigenvalue weighted by Crippen LogP contribution is 2.56. The number of phenols is 1. The Labute approximate surface area is 245 Å². The average Bonchev–Trinajstić information content (AvgIpc) is 3.00. The van der Waals surface area contributed by atoms with E-state index in [4.69, 9.17) is 18.9 Å². The summed E-state index contributed by atoms with van der Waals surface area (Å²) in [6.45, 7) is 1.88. The monoisotopic (exact) mass is 562 g/mol. The summed E-state index contributed by atoms with van der Waals surface area (Å²) in [5, 5.41) is 10.6. The van der Waals surface area contributed by atoms with Gasteiger partial charge in [0.2, 0.25) is 5.75 Å². The minimum absolute atomic E-state index is 0.0986. The Morgan fingerprint density at radius 2 is 1.40 bits per heavy atom. The molecule has 7 nitrogen and oxygen atoms in total. The minimum atomic E-state index is 0.0986. The molecule has 0 radical (unpaired) electrons. The summed E-state index contributed by atoms with van der Waals surface area (Å²) in [5.74, 6) is 4.89. The summed E-state index contributed by atoms with van der Waals surface area (Å²) < 4.78 is 25.6. The highest BCUT2D eigenvalue weighted by Gasteiger charge is 2.37. The van der Waals surface area contributed by atoms with Crippen molar-refractivity contribution in [2.24, 2.45) is 0 Å². The number of likely N-dealkylation sites (N-methyl/N-ethyl adjacent to an activating group) is 2. The second kappa shape index (κ2) is 9.68. The van der Waals surface area contributed by atoms with Crippen molar-refractivity contribution >= 4 is 0 Å². The lowest BCUT2D eigenvalue weighted by Gasteiger charge is -2.39. The van der Waals surface area contributed by atoms with E-state index in [1.165, 1.54) is 22.3 Å². The number of nitrogens with zero attached hydrogens (tertiary/aromatic N) is 2. The molecule has 0 saturated carbocycles. The summed E-state index contributed by atoms with van der Waals surface area (Å²) >= 11 is 0. The molecule has 7 bridgehead atoms. The first-order valence-corrected chi connectivity index (χ1v) is 14.7. The Hall–Kier alpha value is -4.20. The van der Waals surface area contributed by atoms with Gasteiger partial charge in [-0.2, -0.15) is 0 Å². The summed E-state index contributed by atoms with van der Waals surface area (Å²) in [7, 11) is 6.05. The Morgan fingerprint density at radius 3 is 2.21 bits per heavy atom. The average molecular weight is 563 g/mol. The van der Waals surface area contributed by atoms with Crippen LogP contribution in [-0.2, 0) is 25.7 Å². The number of rotatable bonds is 1. The lowest BCUT2D eigenvalue weighted by molar-refractivity contribution is 0.218. The van der Waals surface area contributed by atoms with Gasteiger partial charge in [-0.3, -0.25) is 9.80 Å². The Morgan fingerprint density at radius 1 is 0.714 bits per heavy atom. The van der Waals surface area contributed by atoms with E-state index in [1.807, 2.05) is 24.3 Å². The van der Waals surface area contributed by atoms with Gasteiger partial charge in [-0.1, -0.05) is 18.2 Å². The van der Waals surface area contributed by atoms with Gasteiger partial charge in [0, 0.05) is 30.7 Å². The predicted octanol–water partition coefficient (Wildman–Crippen LogP) is 6.95. The van der Waals surface area contributed by atoms with Crippen molar-refractivity contribution in [2.45, 2.75) is 37.8 Å². The number of fused-ring (bicyclic) bond motifs is 2. The lowest BCUT2D eigenvalue weighted by atomic mass is 9.86. The molecule has 5 heterocycles. The largest absolute Gasteiger partial charge is 0.504 e. The Kier molecular flexibility index (Phi) is 5.88. The van der Waals surface area contributed by atoms with E-state index in [-0.39, 0.29) is 17.8 Å². The third-order valence-corrected chi connectivity index (χ3v) is 9.43. The normalized spacial score (nSPS) is 20.6. The van der Waals surface area contributed by atoms with E-state index in [0.717, 1.165) is 67.1 Å². The first-order valence-electron chi connectivity index (χ1n) is 14.7. The van der Waals surface area contributed by atoms with Crippen molar-refractivity contribution in [3.05, 3.63) is 94.0 Å². The maximum absolute atomic E-state index is 10.6. The van der Waals surface area contributed by atoms with Gasteiger partial charge in [0.05, 0.1) is 7.11 Å². The molecular formula is C35H34N2O5. The van der Waals surface area contributed by atoms with E-state index in [1.54, 1.807) is 13.2 Å². The molecule has 0 aromatic heterocycles. The topological polar surface area (TPSA) is 63.6 Å². The number of benzene rings is 4. The molecule has 9 rings (SSSR count). The Balaban J connectivity index is 1.33. The van der Waals surface area contributed by atoms with Crippen molar-refractivity contribution < 1.29 is 24.1 Å². The molecule has 0 unspecified atom stereocenters. The maximum Gasteiger partial charge on any atom is 0.212 e. The molecule has 0 amide bonds. The SMILES string of the molecule is COc1cc2c3c4c1Oc1cc5c(cc1O4)[C@@H](Cc1ccc(O)c(c1)Oc1ccc(cc1)C[C@@H]3N(C)CC2)N(C)CC5. The van der Waals surface area contributed by atoms with Crippen molar-refractivity contribution in [3.8, 4) is 46.0 Å². The van der Waals surface area contributed by atoms with Crippen LogP contribution < -0.4 is 18.9 Å². The number of phenolic OH excluding ortho intramolecular Hbond substituents is 1. The van der Waals surface area contributed by atoms with Crippen LogP contribution in [0.15, 0.2) is 60.7 Å². The van der Waals surface area contributed by atoms with E-state index in [9.17, 15) is 5.11 Å². The fourth-order valence-electron chi connectivity index (χ4n) is 7.05. The second-order valence-electron chi connectivity index (χ2n) is 12.0. The third kappa shape index (κ3) is 4.10.